The van der Waals surface area contributed by atoms with E-state index in [4.69, 9.17) is 4.74 Å². The third kappa shape index (κ3) is 2.71. The van der Waals surface area contributed by atoms with Crippen molar-refractivity contribution in [2.45, 2.75) is 13.0 Å². The standard InChI is InChI=1S/C14H19N3O/c1-15-10-12-8-11(4-5-13(12)18-3)9-14-16-6-7-17(14)2/h4-8,15H,9-10H2,1-3H3. The van der Waals surface area contributed by atoms with Gasteiger partial charge in [-0.1, -0.05) is 12.1 Å². The van der Waals surface area contributed by atoms with Crippen LogP contribution in [0.3, 0.4) is 0 Å². The smallest absolute Gasteiger partial charge is 0.123 e. The minimum atomic E-state index is 0.803. The molecule has 96 valence electrons. The van der Waals surface area contributed by atoms with Crippen LogP contribution < -0.4 is 10.1 Å². The predicted octanol–water partition coefficient (Wildman–Crippen LogP) is 1.74. The number of ether oxygens (including phenoxy) is 1. The van der Waals surface area contributed by atoms with E-state index in [0.29, 0.717) is 0 Å². The minimum Gasteiger partial charge on any atom is -0.496 e. The zero-order chi connectivity index (χ0) is 13.0. The Morgan fingerprint density at radius 3 is 2.83 bits per heavy atom. The number of imidazole rings is 1. The van der Waals surface area contributed by atoms with Crippen molar-refractivity contribution in [2.24, 2.45) is 7.05 Å². The highest BCUT2D eigenvalue weighted by Crippen LogP contribution is 2.21. The number of benzene rings is 1. The van der Waals surface area contributed by atoms with Crippen molar-refractivity contribution < 1.29 is 4.74 Å². The normalized spacial score (nSPS) is 10.6. The second-order valence-corrected chi connectivity index (χ2v) is 4.31. The van der Waals surface area contributed by atoms with Crippen molar-refractivity contribution in [3.63, 3.8) is 0 Å². The van der Waals surface area contributed by atoms with Gasteiger partial charge in [-0.25, -0.2) is 4.98 Å². The van der Waals surface area contributed by atoms with Gasteiger partial charge in [0.15, 0.2) is 0 Å². The predicted molar refractivity (Wildman–Crippen MR) is 71.8 cm³/mol. The molecule has 0 aliphatic heterocycles. The van der Waals surface area contributed by atoms with Gasteiger partial charge in [-0.2, -0.15) is 0 Å². The average Bonchev–Trinajstić information content (AvgIpc) is 2.76. The lowest BCUT2D eigenvalue weighted by molar-refractivity contribution is 0.408. The van der Waals surface area contributed by atoms with Crippen molar-refractivity contribution >= 4 is 0 Å². The lowest BCUT2D eigenvalue weighted by atomic mass is 10.1. The SMILES string of the molecule is CNCc1cc(Cc2nccn2C)ccc1OC. The molecule has 0 atom stereocenters. The molecule has 0 fully saturated rings. The van der Waals surface area contributed by atoms with Gasteiger partial charge < -0.3 is 14.6 Å². The van der Waals surface area contributed by atoms with Crippen LogP contribution in [0.2, 0.25) is 0 Å². The Balaban J connectivity index is 2.24. The first-order chi connectivity index (χ1) is 8.74. The molecule has 0 aliphatic carbocycles. The molecular formula is C14H19N3O. The Morgan fingerprint density at radius 2 is 2.22 bits per heavy atom. The molecule has 1 N–H and O–H groups in total. The minimum absolute atomic E-state index is 0.803. The van der Waals surface area contributed by atoms with Crippen molar-refractivity contribution in [3.05, 3.63) is 47.5 Å². The van der Waals surface area contributed by atoms with Crippen LogP contribution in [0.4, 0.5) is 0 Å². The monoisotopic (exact) mass is 245 g/mol. The molecule has 1 aromatic heterocycles. The van der Waals surface area contributed by atoms with Crippen LogP contribution in [0.15, 0.2) is 30.6 Å². The van der Waals surface area contributed by atoms with Gasteiger partial charge in [-0.3, -0.25) is 0 Å². The van der Waals surface area contributed by atoms with Gasteiger partial charge in [-0.15, -0.1) is 0 Å². The first kappa shape index (κ1) is 12.6. The van der Waals surface area contributed by atoms with Crippen molar-refractivity contribution in [1.82, 2.24) is 14.9 Å². The van der Waals surface area contributed by atoms with Gasteiger partial charge >= 0.3 is 0 Å². The van der Waals surface area contributed by atoms with Gasteiger partial charge in [0.2, 0.25) is 0 Å². The molecular weight excluding hydrogens is 226 g/mol. The third-order valence-corrected chi connectivity index (χ3v) is 3.00. The van der Waals surface area contributed by atoms with E-state index in [2.05, 4.69) is 22.4 Å². The van der Waals surface area contributed by atoms with Crippen LogP contribution in [0.25, 0.3) is 0 Å². The summed E-state index contributed by atoms with van der Waals surface area (Å²) in [5.41, 5.74) is 2.42. The number of hydrogen-bond acceptors (Lipinski definition) is 3. The van der Waals surface area contributed by atoms with E-state index in [1.807, 2.05) is 37.1 Å². The molecule has 1 heterocycles. The number of hydrogen-bond donors (Lipinski definition) is 1. The van der Waals surface area contributed by atoms with Gasteiger partial charge in [0.1, 0.15) is 11.6 Å². The molecule has 0 unspecified atom stereocenters. The molecule has 2 aromatic rings. The Hall–Kier alpha value is -1.81. The number of methoxy groups -OCH3 is 1. The Morgan fingerprint density at radius 1 is 1.39 bits per heavy atom. The molecule has 4 heteroatoms. The number of aromatic nitrogens is 2. The molecule has 0 saturated heterocycles. The fourth-order valence-corrected chi connectivity index (χ4v) is 2.02. The number of aryl methyl sites for hydroxylation is 1. The number of rotatable bonds is 5. The summed E-state index contributed by atoms with van der Waals surface area (Å²) in [6, 6.07) is 6.28. The highest BCUT2D eigenvalue weighted by Gasteiger charge is 2.06. The maximum atomic E-state index is 5.35. The topological polar surface area (TPSA) is 39.1 Å². The fourth-order valence-electron chi connectivity index (χ4n) is 2.02. The maximum absolute atomic E-state index is 5.35. The van der Waals surface area contributed by atoms with E-state index in [0.717, 1.165) is 24.5 Å². The average molecular weight is 245 g/mol. The lowest BCUT2D eigenvalue weighted by Crippen LogP contribution is -2.07. The van der Waals surface area contributed by atoms with Gasteiger partial charge in [0.25, 0.3) is 0 Å². The molecule has 0 radical (unpaired) electrons. The summed E-state index contributed by atoms with van der Waals surface area (Å²) in [6.07, 6.45) is 4.63. The largest absolute Gasteiger partial charge is 0.496 e. The van der Waals surface area contributed by atoms with Crippen LogP contribution in [0.5, 0.6) is 5.75 Å². The summed E-state index contributed by atoms with van der Waals surface area (Å²) in [5, 5.41) is 3.16. The van der Waals surface area contributed by atoms with Gasteiger partial charge in [0.05, 0.1) is 7.11 Å². The molecule has 0 spiro atoms. The number of nitrogens with one attached hydrogen (secondary N) is 1. The van der Waals surface area contributed by atoms with Crippen LogP contribution >= 0.6 is 0 Å². The van der Waals surface area contributed by atoms with E-state index < -0.39 is 0 Å². The molecule has 4 nitrogen and oxygen atoms in total. The van der Waals surface area contributed by atoms with E-state index in [1.165, 1.54) is 11.1 Å². The van der Waals surface area contributed by atoms with Crippen LogP contribution in [-0.4, -0.2) is 23.7 Å². The van der Waals surface area contributed by atoms with Crippen molar-refractivity contribution in [1.29, 1.82) is 0 Å². The molecule has 0 aliphatic rings. The van der Waals surface area contributed by atoms with E-state index in [-0.39, 0.29) is 0 Å². The van der Waals surface area contributed by atoms with E-state index in [9.17, 15) is 0 Å². The van der Waals surface area contributed by atoms with Crippen molar-refractivity contribution in [2.75, 3.05) is 14.2 Å². The first-order valence-electron chi connectivity index (χ1n) is 6.01. The van der Waals surface area contributed by atoms with Crippen LogP contribution in [-0.2, 0) is 20.0 Å². The van der Waals surface area contributed by atoms with Crippen LogP contribution in [0, 0.1) is 0 Å². The second kappa shape index (κ2) is 5.69. The summed E-state index contributed by atoms with van der Waals surface area (Å²) >= 11 is 0. The van der Waals surface area contributed by atoms with Crippen molar-refractivity contribution in [3.8, 4) is 5.75 Å². The van der Waals surface area contributed by atoms with Gasteiger partial charge in [0, 0.05) is 38.0 Å². The highest BCUT2D eigenvalue weighted by atomic mass is 16.5. The maximum Gasteiger partial charge on any atom is 0.123 e. The first-order valence-corrected chi connectivity index (χ1v) is 6.01. The summed E-state index contributed by atoms with van der Waals surface area (Å²) in [4.78, 5) is 4.35. The Bertz CT molecular complexity index is 520. The summed E-state index contributed by atoms with van der Waals surface area (Å²) in [7, 11) is 5.65. The Kier molecular flexibility index (Phi) is 3.99. The molecule has 0 amide bonds. The summed E-state index contributed by atoms with van der Waals surface area (Å²) in [6.45, 7) is 0.803. The fraction of sp³-hybridized carbons (Fsp3) is 0.357. The molecule has 2 rings (SSSR count). The van der Waals surface area contributed by atoms with Crippen LogP contribution in [0.1, 0.15) is 17.0 Å². The molecule has 0 bridgehead atoms. The molecule has 18 heavy (non-hydrogen) atoms. The van der Waals surface area contributed by atoms with Gasteiger partial charge in [-0.05, 0) is 18.7 Å². The summed E-state index contributed by atoms with van der Waals surface area (Å²) in [5.74, 6) is 1.99. The lowest BCUT2D eigenvalue weighted by Gasteiger charge is -2.10. The number of nitrogens with zero attached hydrogens (tertiary/aromatic N) is 2. The Labute approximate surface area is 108 Å². The van der Waals surface area contributed by atoms with E-state index >= 15 is 0 Å². The molecule has 1 aromatic carbocycles. The molecule has 0 saturated carbocycles. The third-order valence-electron chi connectivity index (χ3n) is 3.00. The second-order valence-electron chi connectivity index (χ2n) is 4.31. The zero-order valence-corrected chi connectivity index (χ0v) is 11.1. The van der Waals surface area contributed by atoms with E-state index in [1.54, 1.807) is 7.11 Å². The zero-order valence-electron chi connectivity index (χ0n) is 11.1. The highest BCUT2D eigenvalue weighted by molar-refractivity contribution is 5.38. The quantitative estimate of drug-likeness (QED) is 0.872. The summed E-state index contributed by atoms with van der Waals surface area (Å²) < 4.78 is 7.39.